The lowest BCUT2D eigenvalue weighted by atomic mass is 9.96. The number of likely N-dealkylation sites (N-methyl/N-ethyl adjacent to an activating group) is 1. The number of piperazine rings is 1. The lowest BCUT2D eigenvalue weighted by Crippen LogP contribution is -2.56. The number of hydrogen-bond acceptors (Lipinski definition) is 7. The second kappa shape index (κ2) is 7.63. The number of nitrogens with two attached hydrogens (primary N) is 1. The van der Waals surface area contributed by atoms with Crippen molar-refractivity contribution in [3.8, 4) is 0 Å². The molecule has 138 valence electrons. The molecular weight excluding hydrogens is 320 g/mol. The highest BCUT2D eigenvalue weighted by Gasteiger charge is 2.46. The predicted molar refractivity (Wildman–Crippen MR) is 95.2 cm³/mol. The van der Waals surface area contributed by atoms with Crippen LogP contribution < -0.4 is 10.6 Å². The molecule has 1 amide bonds. The molecule has 1 aromatic rings. The average Bonchev–Trinajstić information content (AvgIpc) is 3.00. The molecule has 25 heavy (non-hydrogen) atoms. The van der Waals surface area contributed by atoms with Crippen molar-refractivity contribution in [1.29, 1.82) is 0 Å². The molecule has 0 spiro atoms. The van der Waals surface area contributed by atoms with Crippen molar-refractivity contribution in [2.24, 2.45) is 5.73 Å². The standard InChI is InChI=1S/C17H28N6O2/c1-21-6-8-22(9-7-21)16-19-10-14(11-20-16)12-23-5-3-4-17(23,13-25-2)15(18)24/h10-11H,3-9,12-13H2,1-2H3,(H2,18,24). The number of nitrogens with zero attached hydrogens (tertiary/aromatic N) is 5. The van der Waals surface area contributed by atoms with Gasteiger partial charge in [0.2, 0.25) is 11.9 Å². The molecule has 8 nitrogen and oxygen atoms in total. The third-order valence-electron chi connectivity index (χ3n) is 5.32. The summed E-state index contributed by atoms with van der Waals surface area (Å²) < 4.78 is 5.28. The molecule has 8 heteroatoms. The van der Waals surface area contributed by atoms with E-state index in [1.54, 1.807) is 7.11 Å². The Hall–Kier alpha value is -1.77. The Bertz CT molecular complexity index is 587. The highest BCUT2D eigenvalue weighted by molar-refractivity contribution is 5.85. The van der Waals surface area contributed by atoms with Crippen LogP contribution in [-0.4, -0.2) is 84.7 Å². The van der Waals surface area contributed by atoms with E-state index in [1.807, 2.05) is 12.4 Å². The van der Waals surface area contributed by atoms with E-state index in [0.29, 0.717) is 13.2 Å². The predicted octanol–water partition coefficient (Wildman–Crippen LogP) is -0.305. The molecule has 1 aromatic heterocycles. The Kier molecular flexibility index (Phi) is 5.51. The molecule has 0 bridgehead atoms. The van der Waals surface area contributed by atoms with Gasteiger partial charge < -0.3 is 20.3 Å². The topological polar surface area (TPSA) is 87.8 Å². The summed E-state index contributed by atoms with van der Waals surface area (Å²) in [6, 6.07) is 0. The second-order valence-electron chi connectivity index (χ2n) is 7.04. The fourth-order valence-corrected chi connectivity index (χ4v) is 3.74. The summed E-state index contributed by atoms with van der Waals surface area (Å²) in [5.74, 6) is 0.457. The molecule has 0 saturated carbocycles. The van der Waals surface area contributed by atoms with Gasteiger partial charge >= 0.3 is 0 Å². The number of ether oxygens (including phenoxy) is 1. The molecule has 3 rings (SSSR count). The number of primary amides is 1. The van der Waals surface area contributed by atoms with Crippen LogP contribution in [0.3, 0.4) is 0 Å². The van der Waals surface area contributed by atoms with Crippen molar-refractivity contribution in [2.75, 3.05) is 58.4 Å². The number of likely N-dealkylation sites (tertiary alicyclic amines) is 1. The van der Waals surface area contributed by atoms with Crippen molar-refractivity contribution in [1.82, 2.24) is 19.8 Å². The van der Waals surface area contributed by atoms with Crippen molar-refractivity contribution in [2.45, 2.75) is 24.9 Å². The van der Waals surface area contributed by atoms with Crippen molar-refractivity contribution in [3.63, 3.8) is 0 Å². The Morgan fingerprint density at radius 2 is 1.92 bits per heavy atom. The van der Waals surface area contributed by atoms with Crippen molar-refractivity contribution >= 4 is 11.9 Å². The summed E-state index contributed by atoms with van der Waals surface area (Å²) in [7, 11) is 3.73. The Balaban J connectivity index is 1.67. The van der Waals surface area contributed by atoms with Crippen LogP contribution in [0.1, 0.15) is 18.4 Å². The van der Waals surface area contributed by atoms with Gasteiger partial charge in [-0.1, -0.05) is 0 Å². The second-order valence-corrected chi connectivity index (χ2v) is 7.04. The number of aromatic nitrogens is 2. The fourth-order valence-electron chi connectivity index (χ4n) is 3.74. The Morgan fingerprint density at radius 3 is 2.52 bits per heavy atom. The summed E-state index contributed by atoms with van der Waals surface area (Å²) in [5, 5.41) is 0. The third kappa shape index (κ3) is 3.75. The quantitative estimate of drug-likeness (QED) is 0.755. The minimum atomic E-state index is -0.717. The zero-order valence-electron chi connectivity index (χ0n) is 15.1. The molecular formula is C17H28N6O2. The number of methoxy groups -OCH3 is 1. The van der Waals surface area contributed by atoms with E-state index in [0.717, 1.165) is 57.1 Å². The minimum absolute atomic E-state index is 0.318. The molecule has 2 N–H and O–H groups in total. The van der Waals surface area contributed by atoms with Crippen LogP contribution in [-0.2, 0) is 16.1 Å². The van der Waals surface area contributed by atoms with Crippen LogP contribution in [0, 0.1) is 0 Å². The average molecular weight is 348 g/mol. The van der Waals surface area contributed by atoms with E-state index < -0.39 is 5.54 Å². The van der Waals surface area contributed by atoms with Gasteiger partial charge in [0, 0.05) is 57.8 Å². The minimum Gasteiger partial charge on any atom is -0.382 e. The number of hydrogen-bond donors (Lipinski definition) is 1. The number of carbonyl (C=O) groups excluding carboxylic acids is 1. The molecule has 3 heterocycles. The largest absolute Gasteiger partial charge is 0.382 e. The zero-order chi connectivity index (χ0) is 17.9. The van der Waals surface area contributed by atoms with E-state index in [9.17, 15) is 4.79 Å². The van der Waals surface area contributed by atoms with E-state index in [-0.39, 0.29) is 5.91 Å². The van der Waals surface area contributed by atoms with Gasteiger partial charge in [0.25, 0.3) is 0 Å². The molecule has 0 aliphatic carbocycles. The van der Waals surface area contributed by atoms with Crippen LogP contribution in [0.15, 0.2) is 12.4 Å². The summed E-state index contributed by atoms with van der Waals surface area (Å²) in [5.41, 5.74) is 5.96. The summed E-state index contributed by atoms with van der Waals surface area (Å²) in [4.78, 5) is 27.7. The molecule has 1 atom stereocenters. The lowest BCUT2D eigenvalue weighted by Gasteiger charge is -2.35. The molecule has 2 aliphatic rings. The molecule has 2 aliphatic heterocycles. The number of amides is 1. The highest BCUT2D eigenvalue weighted by Crippen LogP contribution is 2.31. The maximum atomic E-state index is 12.1. The van der Waals surface area contributed by atoms with Crippen molar-refractivity contribution < 1.29 is 9.53 Å². The zero-order valence-corrected chi connectivity index (χ0v) is 15.1. The van der Waals surface area contributed by atoms with Crippen LogP contribution >= 0.6 is 0 Å². The molecule has 0 radical (unpaired) electrons. The highest BCUT2D eigenvalue weighted by atomic mass is 16.5. The van der Waals surface area contributed by atoms with E-state index >= 15 is 0 Å². The first-order chi connectivity index (χ1) is 12.0. The fraction of sp³-hybridized carbons (Fsp3) is 0.706. The Labute approximate surface area is 148 Å². The maximum absolute atomic E-state index is 12.1. The molecule has 2 fully saturated rings. The van der Waals surface area contributed by atoms with Crippen LogP contribution in [0.4, 0.5) is 5.95 Å². The molecule has 1 unspecified atom stereocenters. The van der Waals surface area contributed by atoms with Gasteiger partial charge in [0.15, 0.2) is 0 Å². The number of rotatable bonds is 6. The van der Waals surface area contributed by atoms with E-state index in [4.69, 9.17) is 10.5 Å². The molecule has 0 aromatic carbocycles. The van der Waals surface area contributed by atoms with Gasteiger partial charge in [-0.25, -0.2) is 9.97 Å². The van der Waals surface area contributed by atoms with Gasteiger partial charge in [-0.2, -0.15) is 0 Å². The Morgan fingerprint density at radius 1 is 1.24 bits per heavy atom. The SMILES string of the molecule is COCC1(C(N)=O)CCCN1Cc1cnc(N2CCN(C)CC2)nc1. The first kappa shape index (κ1) is 18.0. The van der Waals surface area contributed by atoms with Gasteiger partial charge in [-0.05, 0) is 26.4 Å². The molecule has 2 saturated heterocycles. The van der Waals surface area contributed by atoms with Gasteiger partial charge in [-0.3, -0.25) is 9.69 Å². The van der Waals surface area contributed by atoms with Crippen LogP contribution in [0.25, 0.3) is 0 Å². The normalized spacial score (nSPS) is 25.4. The number of anilines is 1. The monoisotopic (exact) mass is 348 g/mol. The van der Waals surface area contributed by atoms with Gasteiger partial charge in [0.1, 0.15) is 5.54 Å². The van der Waals surface area contributed by atoms with E-state index in [1.165, 1.54) is 0 Å². The summed E-state index contributed by atoms with van der Waals surface area (Å²) in [6.45, 7) is 5.69. The van der Waals surface area contributed by atoms with Gasteiger partial charge in [-0.15, -0.1) is 0 Å². The smallest absolute Gasteiger partial charge is 0.240 e. The van der Waals surface area contributed by atoms with Crippen LogP contribution in [0.2, 0.25) is 0 Å². The summed E-state index contributed by atoms with van der Waals surface area (Å²) >= 11 is 0. The number of carbonyl (C=O) groups is 1. The lowest BCUT2D eigenvalue weighted by molar-refractivity contribution is -0.132. The summed E-state index contributed by atoms with van der Waals surface area (Å²) in [6.07, 6.45) is 5.39. The van der Waals surface area contributed by atoms with E-state index in [2.05, 4.69) is 31.7 Å². The first-order valence-corrected chi connectivity index (χ1v) is 8.83. The third-order valence-corrected chi connectivity index (χ3v) is 5.32. The van der Waals surface area contributed by atoms with Crippen molar-refractivity contribution in [3.05, 3.63) is 18.0 Å². The maximum Gasteiger partial charge on any atom is 0.240 e. The first-order valence-electron chi connectivity index (χ1n) is 8.83. The van der Waals surface area contributed by atoms with Gasteiger partial charge in [0.05, 0.1) is 6.61 Å². The van der Waals surface area contributed by atoms with Crippen LogP contribution in [0.5, 0.6) is 0 Å².